The van der Waals surface area contributed by atoms with Crippen molar-refractivity contribution in [3.05, 3.63) is 46.3 Å². The number of carbonyl (C=O) groups excluding carboxylic acids is 1. The third-order valence-corrected chi connectivity index (χ3v) is 3.38. The molecule has 0 unspecified atom stereocenters. The Labute approximate surface area is 108 Å². The molecule has 0 aliphatic carbocycles. The average Bonchev–Trinajstić information content (AvgIpc) is 2.76. The van der Waals surface area contributed by atoms with Crippen molar-refractivity contribution in [2.45, 2.75) is 6.92 Å². The number of urea groups is 1. The topological polar surface area (TPSA) is 41.1 Å². The van der Waals surface area contributed by atoms with Gasteiger partial charge in [-0.15, -0.1) is 11.3 Å². The zero-order chi connectivity index (χ0) is 12.3. The molecule has 0 spiro atoms. The van der Waals surface area contributed by atoms with Crippen molar-refractivity contribution in [1.82, 2.24) is 0 Å². The highest BCUT2D eigenvalue weighted by molar-refractivity contribution is 7.14. The van der Waals surface area contributed by atoms with E-state index in [0.29, 0.717) is 10.7 Å². The second kappa shape index (κ2) is 5.21. The quantitative estimate of drug-likeness (QED) is 0.833. The minimum atomic E-state index is -0.271. The van der Waals surface area contributed by atoms with Gasteiger partial charge in [0.1, 0.15) is 0 Å². The standard InChI is InChI=1S/C12H11ClN2OS/c1-8-4-5-9(7-10(8)13)14-12(16)15-11-3-2-6-17-11/h2-7H,1H3,(H2,14,15,16). The second-order valence-electron chi connectivity index (χ2n) is 3.52. The van der Waals surface area contributed by atoms with E-state index in [1.165, 1.54) is 11.3 Å². The first-order chi connectivity index (χ1) is 8.15. The first-order valence-corrected chi connectivity index (χ1v) is 6.28. The lowest BCUT2D eigenvalue weighted by Gasteiger charge is -2.07. The number of rotatable bonds is 2. The van der Waals surface area contributed by atoms with Gasteiger partial charge in [0.15, 0.2) is 0 Å². The van der Waals surface area contributed by atoms with Crippen LogP contribution in [0.5, 0.6) is 0 Å². The van der Waals surface area contributed by atoms with Crippen molar-refractivity contribution < 1.29 is 4.79 Å². The van der Waals surface area contributed by atoms with E-state index in [2.05, 4.69) is 10.6 Å². The van der Waals surface area contributed by atoms with Gasteiger partial charge in [0, 0.05) is 10.7 Å². The molecule has 0 fully saturated rings. The van der Waals surface area contributed by atoms with Gasteiger partial charge in [0.05, 0.1) is 5.00 Å². The molecule has 0 saturated heterocycles. The Morgan fingerprint density at radius 1 is 1.29 bits per heavy atom. The molecule has 17 heavy (non-hydrogen) atoms. The highest BCUT2D eigenvalue weighted by Crippen LogP contribution is 2.20. The number of hydrogen-bond donors (Lipinski definition) is 2. The van der Waals surface area contributed by atoms with Gasteiger partial charge in [0.25, 0.3) is 0 Å². The smallest absolute Gasteiger partial charge is 0.308 e. The third kappa shape index (κ3) is 3.22. The summed E-state index contributed by atoms with van der Waals surface area (Å²) in [4.78, 5) is 11.6. The maximum absolute atomic E-state index is 11.6. The van der Waals surface area contributed by atoms with Crippen molar-refractivity contribution in [2.75, 3.05) is 10.6 Å². The van der Waals surface area contributed by atoms with Crippen LogP contribution in [-0.4, -0.2) is 6.03 Å². The van der Waals surface area contributed by atoms with Gasteiger partial charge in [-0.2, -0.15) is 0 Å². The fourth-order valence-electron chi connectivity index (χ4n) is 1.29. The van der Waals surface area contributed by atoms with Crippen molar-refractivity contribution >= 4 is 39.7 Å². The summed E-state index contributed by atoms with van der Waals surface area (Å²) in [5.41, 5.74) is 1.66. The van der Waals surface area contributed by atoms with Gasteiger partial charge in [-0.25, -0.2) is 4.79 Å². The van der Waals surface area contributed by atoms with Crippen LogP contribution < -0.4 is 10.6 Å². The summed E-state index contributed by atoms with van der Waals surface area (Å²) in [6.07, 6.45) is 0. The Bertz CT molecular complexity index is 525. The van der Waals surface area contributed by atoms with E-state index in [1.54, 1.807) is 6.07 Å². The summed E-state index contributed by atoms with van der Waals surface area (Å²) in [7, 11) is 0. The number of carbonyl (C=O) groups is 1. The number of nitrogens with one attached hydrogen (secondary N) is 2. The minimum absolute atomic E-state index is 0.271. The summed E-state index contributed by atoms with van der Waals surface area (Å²) in [5.74, 6) is 0. The molecule has 0 aliphatic heterocycles. The van der Waals surface area contributed by atoms with E-state index in [1.807, 2.05) is 36.6 Å². The van der Waals surface area contributed by atoms with E-state index >= 15 is 0 Å². The van der Waals surface area contributed by atoms with E-state index in [-0.39, 0.29) is 6.03 Å². The number of amides is 2. The Kier molecular flexibility index (Phi) is 3.66. The lowest BCUT2D eigenvalue weighted by atomic mass is 10.2. The molecule has 2 aromatic rings. The predicted octanol–water partition coefficient (Wildman–Crippen LogP) is 4.35. The maximum atomic E-state index is 11.6. The summed E-state index contributed by atoms with van der Waals surface area (Å²) < 4.78 is 0. The van der Waals surface area contributed by atoms with E-state index in [9.17, 15) is 4.79 Å². The van der Waals surface area contributed by atoms with Gasteiger partial charge in [0.2, 0.25) is 0 Å². The monoisotopic (exact) mass is 266 g/mol. The Morgan fingerprint density at radius 3 is 2.76 bits per heavy atom. The van der Waals surface area contributed by atoms with E-state index in [4.69, 9.17) is 11.6 Å². The molecule has 0 saturated carbocycles. The molecule has 5 heteroatoms. The van der Waals surface area contributed by atoms with Crippen LogP contribution in [0.25, 0.3) is 0 Å². The molecule has 1 aromatic carbocycles. The van der Waals surface area contributed by atoms with E-state index in [0.717, 1.165) is 10.6 Å². The highest BCUT2D eigenvalue weighted by atomic mass is 35.5. The molecule has 1 heterocycles. The first kappa shape index (κ1) is 12.0. The molecular formula is C12H11ClN2OS. The SMILES string of the molecule is Cc1ccc(NC(=O)Nc2cccs2)cc1Cl. The average molecular weight is 267 g/mol. The van der Waals surface area contributed by atoms with Crippen LogP contribution >= 0.6 is 22.9 Å². The molecule has 1 aromatic heterocycles. The molecule has 0 aliphatic rings. The molecule has 0 atom stereocenters. The molecule has 0 bridgehead atoms. The summed E-state index contributed by atoms with van der Waals surface area (Å²) in [6.45, 7) is 1.91. The molecule has 88 valence electrons. The fourth-order valence-corrected chi connectivity index (χ4v) is 2.09. The second-order valence-corrected chi connectivity index (χ2v) is 4.88. The van der Waals surface area contributed by atoms with Crippen molar-refractivity contribution in [3.63, 3.8) is 0 Å². The van der Waals surface area contributed by atoms with Gasteiger partial charge >= 0.3 is 6.03 Å². The molecular weight excluding hydrogens is 256 g/mol. The van der Waals surface area contributed by atoms with Crippen molar-refractivity contribution in [1.29, 1.82) is 0 Å². The highest BCUT2D eigenvalue weighted by Gasteiger charge is 2.04. The van der Waals surface area contributed by atoms with Crippen LogP contribution in [-0.2, 0) is 0 Å². The number of anilines is 2. The van der Waals surface area contributed by atoms with Gasteiger partial charge in [-0.05, 0) is 42.1 Å². The molecule has 2 rings (SSSR count). The number of benzene rings is 1. The summed E-state index contributed by atoms with van der Waals surface area (Å²) in [5, 5.41) is 8.80. The Morgan fingerprint density at radius 2 is 2.12 bits per heavy atom. The largest absolute Gasteiger partial charge is 0.324 e. The number of thiophene rings is 1. The maximum Gasteiger partial charge on any atom is 0.324 e. The molecule has 3 nitrogen and oxygen atoms in total. The van der Waals surface area contributed by atoms with Crippen LogP contribution in [0.2, 0.25) is 5.02 Å². The van der Waals surface area contributed by atoms with Gasteiger partial charge < -0.3 is 5.32 Å². The predicted molar refractivity (Wildman–Crippen MR) is 73.1 cm³/mol. The number of aryl methyl sites for hydroxylation is 1. The van der Waals surface area contributed by atoms with Crippen LogP contribution in [0.4, 0.5) is 15.5 Å². The lowest BCUT2D eigenvalue weighted by molar-refractivity contribution is 0.262. The summed E-state index contributed by atoms with van der Waals surface area (Å²) >= 11 is 7.44. The Balaban J connectivity index is 2.00. The van der Waals surface area contributed by atoms with Gasteiger partial charge in [-0.3, -0.25) is 5.32 Å². The molecule has 0 radical (unpaired) electrons. The van der Waals surface area contributed by atoms with Crippen LogP contribution in [0, 0.1) is 6.92 Å². The number of halogens is 1. The van der Waals surface area contributed by atoms with Crippen molar-refractivity contribution in [2.24, 2.45) is 0 Å². The summed E-state index contributed by atoms with van der Waals surface area (Å²) in [6, 6.07) is 8.85. The molecule has 2 amide bonds. The zero-order valence-corrected chi connectivity index (χ0v) is 10.7. The Hall–Kier alpha value is -1.52. The normalized spacial score (nSPS) is 10.0. The van der Waals surface area contributed by atoms with E-state index < -0.39 is 0 Å². The first-order valence-electron chi connectivity index (χ1n) is 5.03. The van der Waals surface area contributed by atoms with Crippen LogP contribution in [0.1, 0.15) is 5.56 Å². The molecule has 2 N–H and O–H groups in total. The van der Waals surface area contributed by atoms with Crippen LogP contribution in [0.15, 0.2) is 35.7 Å². The number of hydrogen-bond acceptors (Lipinski definition) is 2. The lowest BCUT2D eigenvalue weighted by Crippen LogP contribution is -2.18. The van der Waals surface area contributed by atoms with Gasteiger partial charge in [-0.1, -0.05) is 17.7 Å². The fraction of sp³-hybridized carbons (Fsp3) is 0.0833. The van der Waals surface area contributed by atoms with Crippen LogP contribution in [0.3, 0.4) is 0 Å². The van der Waals surface area contributed by atoms with Crippen molar-refractivity contribution in [3.8, 4) is 0 Å². The minimum Gasteiger partial charge on any atom is -0.308 e. The zero-order valence-electron chi connectivity index (χ0n) is 9.16. The third-order valence-electron chi connectivity index (χ3n) is 2.19.